The number of ether oxygens (including phenoxy) is 1. The number of pyridine rings is 1. The molecule has 7 nitrogen and oxygen atoms in total. The van der Waals surface area contributed by atoms with Crippen molar-refractivity contribution < 1.29 is 18.7 Å². The number of aromatic nitrogens is 1. The number of nitrogens with one attached hydrogen (secondary N) is 1. The molecule has 1 N–H and O–H groups in total. The van der Waals surface area contributed by atoms with Gasteiger partial charge in [0.15, 0.2) is 0 Å². The number of aryl methyl sites for hydroxylation is 2. The van der Waals surface area contributed by atoms with Gasteiger partial charge in [0, 0.05) is 35.5 Å². The van der Waals surface area contributed by atoms with Crippen LogP contribution in [0.2, 0.25) is 0 Å². The highest BCUT2D eigenvalue weighted by Gasteiger charge is 2.29. The van der Waals surface area contributed by atoms with Gasteiger partial charge < -0.3 is 9.15 Å². The van der Waals surface area contributed by atoms with Crippen LogP contribution in [0.1, 0.15) is 63.1 Å². The Bertz CT molecular complexity index is 1130. The van der Waals surface area contributed by atoms with Gasteiger partial charge in [0.25, 0.3) is 5.91 Å². The molecule has 0 aliphatic heterocycles. The topological polar surface area (TPSA) is 93.8 Å². The van der Waals surface area contributed by atoms with E-state index in [0.717, 1.165) is 18.4 Å². The number of carbonyl (C=O) groups is 2. The van der Waals surface area contributed by atoms with E-state index >= 15 is 0 Å². The van der Waals surface area contributed by atoms with Gasteiger partial charge in [-0.15, -0.1) is 0 Å². The first-order valence-electron chi connectivity index (χ1n) is 10.3. The van der Waals surface area contributed by atoms with E-state index in [1.807, 2.05) is 19.1 Å². The van der Waals surface area contributed by atoms with Crippen molar-refractivity contribution in [2.45, 2.75) is 39.5 Å². The van der Waals surface area contributed by atoms with E-state index in [1.54, 1.807) is 36.7 Å². The van der Waals surface area contributed by atoms with Crippen LogP contribution >= 0.6 is 0 Å². The highest BCUT2D eigenvalue weighted by atomic mass is 16.5. The molecule has 0 unspecified atom stereocenters. The van der Waals surface area contributed by atoms with Crippen LogP contribution in [0, 0.1) is 6.92 Å². The fourth-order valence-corrected chi connectivity index (χ4v) is 3.61. The van der Waals surface area contributed by atoms with Crippen molar-refractivity contribution in [2.75, 3.05) is 0 Å². The standard InChI is InChI=1S/C24H23N3O4/c1-3-16-7-9-18(10-8-16)30-24(29)22-15(2)21-19(5-4-6-20(21)31-22)26-27-23(28)17-11-13-25-14-12-17/h7-14H,3-6H2,1-2H3,(H,27,28)/b26-19+. The Morgan fingerprint density at radius 2 is 1.87 bits per heavy atom. The minimum atomic E-state index is -0.545. The summed E-state index contributed by atoms with van der Waals surface area (Å²) in [5, 5.41) is 4.32. The predicted molar refractivity (Wildman–Crippen MR) is 115 cm³/mol. The molecule has 0 bridgehead atoms. The van der Waals surface area contributed by atoms with Gasteiger partial charge in [0.2, 0.25) is 5.76 Å². The van der Waals surface area contributed by atoms with Crippen molar-refractivity contribution in [1.82, 2.24) is 10.4 Å². The molecule has 1 aliphatic carbocycles. The van der Waals surface area contributed by atoms with E-state index in [0.29, 0.717) is 41.2 Å². The first kappa shape index (κ1) is 20.5. The van der Waals surface area contributed by atoms with Crippen LogP contribution in [-0.4, -0.2) is 22.6 Å². The molecule has 1 amide bonds. The molecule has 0 fully saturated rings. The molecule has 7 heteroatoms. The third kappa shape index (κ3) is 4.40. The second-order valence-electron chi connectivity index (χ2n) is 7.33. The Kier molecular flexibility index (Phi) is 5.93. The van der Waals surface area contributed by atoms with E-state index < -0.39 is 5.97 Å². The maximum Gasteiger partial charge on any atom is 0.379 e. The van der Waals surface area contributed by atoms with Gasteiger partial charge >= 0.3 is 5.97 Å². The van der Waals surface area contributed by atoms with E-state index in [9.17, 15) is 9.59 Å². The molecule has 2 heterocycles. The average molecular weight is 417 g/mol. The largest absolute Gasteiger partial charge is 0.453 e. The molecule has 31 heavy (non-hydrogen) atoms. The predicted octanol–water partition coefficient (Wildman–Crippen LogP) is 4.24. The molecular weight excluding hydrogens is 394 g/mol. The SMILES string of the molecule is CCc1ccc(OC(=O)c2oc3c(c2C)/C(=N/NC(=O)c2ccncc2)CCC3)cc1. The molecule has 4 rings (SSSR count). The summed E-state index contributed by atoms with van der Waals surface area (Å²) >= 11 is 0. The van der Waals surface area contributed by atoms with Crippen molar-refractivity contribution in [1.29, 1.82) is 0 Å². The Hall–Kier alpha value is -3.74. The van der Waals surface area contributed by atoms with Gasteiger partial charge in [-0.05, 0) is 56.0 Å². The minimum absolute atomic E-state index is 0.166. The van der Waals surface area contributed by atoms with E-state index in [1.165, 1.54) is 5.56 Å². The Labute approximate surface area is 180 Å². The quantitative estimate of drug-likeness (QED) is 0.381. The third-order valence-corrected chi connectivity index (χ3v) is 5.29. The van der Waals surface area contributed by atoms with Crippen LogP contribution in [0.5, 0.6) is 5.75 Å². The molecule has 0 atom stereocenters. The van der Waals surface area contributed by atoms with Crippen LogP contribution in [0.25, 0.3) is 0 Å². The van der Waals surface area contributed by atoms with E-state index in [-0.39, 0.29) is 11.7 Å². The molecule has 1 aromatic carbocycles. The van der Waals surface area contributed by atoms with Gasteiger partial charge in [-0.1, -0.05) is 19.1 Å². The number of hydrazone groups is 1. The second-order valence-corrected chi connectivity index (χ2v) is 7.33. The molecule has 1 aliphatic rings. The summed E-state index contributed by atoms with van der Waals surface area (Å²) in [6.07, 6.45) is 6.21. The first-order valence-corrected chi connectivity index (χ1v) is 10.3. The van der Waals surface area contributed by atoms with Crippen LogP contribution in [0.3, 0.4) is 0 Å². The minimum Gasteiger partial charge on any atom is -0.453 e. The number of esters is 1. The first-order chi connectivity index (χ1) is 15.1. The normalized spacial score (nSPS) is 14.2. The summed E-state index contributed by atoms with van der Waals surface area (Å²) in [5.74, 6) is 0.456. The third-order valence-electron chi connectivity index (χ3n) is 5.29. The average Bonchev–Trinajstić information content (AvgIpc) is 3.16. The Morgan fingerprint density at radius 3 is 2.58 bits per heavy atom. The molecule has 158 valence electrons. The van der Waals surface area contributed by atoms with Gasteiger partial charge in [-0.3, -0.25) is 9.78 Å². The number of hydrogen-bond donors (Lipinski definition) is 1. The van der Waals surface area contributed by atoms with Crippen molar-refractivity contribution in [3.05, 3.63) is 82.6 Å². The van der Waals surface area contributed by atoms with Crippen LogP contribution < -0.4 is 10.2 Å². The van der Waals surface area contributed by atoms with Gasteiger partial charge in [0.1, 0.15) is 11.5 Å². The van der Waals surface area contributed by atoms with E-state index in [4.69, 9.17) is 9.15 Å². The number of benzene rings is 1. The molecule has 0 radical (unpaired) electrons. The van der Waals surface area contributed by atoms with Gasteiger partial charge in [0.05, 0.1) is 5.71 Å². The zero-order chi connectivity index (χ0) is 21.8. The zero-order valence-electron chi connectivity index (χ0n) is 17.5. The number of amides is 1. The van der Waals surface area contributed by atoms with Crippen molar-refractivity contribution in [2.24, 2.45) is 5.10 Å². The molecule has 3 aromatic rings. The van der Waals surface area contributed by atoms with Crippen LogP contribution in [0.4, 0.5) is 0 Å². The molecular formula is C24H23N3O4. The second kappa shape index (κ2) is 8.95. The smallest absolute Gasteiger partial charge is 0.379 e. The lowest BCUT2D eigenvalue weighted by Gasteiger charge is -2.13. The Morgan fingerprint density at radius 1 is 1.13 bits per heavy atom. The summed E-state index contributed by atoms with van der Waals surface area (Å²) in [5.41, 5.74) is 6.36. The number of fused-ring (bicyclic) bond motifs is 1. The fourth-order valence-electron chi connectivity index (χ4n) is 3.61. The molecule has 2 aromatic heterocycles. The molecule has 0 saturated carbocycles. The van der Waals surface area contributed by atoms with Crippen molar-refractivity contribution in [3.63, 3.8) is 0 Å². The highest BCUT2D eigenvalue weighted by Crippen LogP contribution is 2.30. The monoisotopic (exact) mass is 417 g/mol. The maximum absolute atomic E-state index is 12.7. The lowest BCUT2D eigenvalue weighted by atomic mass is 9.93. The summed E-state index contributed by atoms with van der Waals surface area (Å²) in [6.45, 7) is 3.88. The Balaban J connectivity index is 1.54. The number of nitrogens with zero attached hydrogens (tertiary/aromatic N) is 2. The fraction of sp³-hybridized carbons (Fsp3) is 0.250. The van der Waals surface area contributed by atoms with Crippen LogP contribution in [-0.2, 0) is 12.8 Å². The van der Waals surface area contributed by atoms with Crippen molar-refractivity contribution in [3.8, 4) is 5.75 Å². The summed E-state index contributed by atoms with van der Waals surface area (Å²) < 4.78 is 11.4. The number of hydrogen-bond acceptors (Lipinski definition) is 6. The van der Waals surface area contributed by atoms with Crippen molar-refractivity contribution >= 4 is 17.6 Å². The van der Waals surface area contributed by atoms with Gasteiger partial charge in [-0.2, -0.15) is 5.10 Å². The lowest BCUT2D eigenvalue weighted by molar-refractivity contribution is 0.0698. The molecule has 0 spiro atoms. The summed E-state index contributed by atoms with van der Waals surface area (Å²) in [6, 6.07) is 10.6. The highest BCUT2D eigenvalue weighted by molar-refractivity contribution is 6.06. The lowest BCUT2D eigenvalue weighted by Crippen LogP contribution is -2.22. The maximum atomic E-state index is 12.7. The van der Waals surface area contributed by atoms with E-state index in [2.05, 4.69) is 22.4 Å². The number of furan rings is 1. The summed E-state index contributed by atoms with van der Waals surface area (Å²) in [4.78, 5) is 28.9. The number of rotatable bonds is 5. The van der Waals surface area contributed by atoms with Gasteiger partial charge in [-0.25, -0.2) is 10.2 Å². The molecule has 0 saturated heterocycles. The summed E-state index contributed by atoms with van der Waals surface area (Å²) in [7, 11) is 0. The van der Waals surface area contributed by atoms with Crippen LogP contribution in [0.15, 0.2) is 58.3 Å². The zero-order valence-corrected chi connectivity index (χ0v) is 17.5. The number of carbonyl (C=O) groups excluding carboxylic acids is 2.